The molecule has 0 saturated carbocycles. The number of anilines is 1. The van der Waals surface area contributed by atoms with Crippen molar-refractivity contribution in [1.29, 1.82) is 0 Å². The summed E-state index contributed by atoms with van der Waals surface area (Å²) in [6, 6.07) is 7.97. The Labute approximate surface area is 150 Å². The van der Waals surface area contributed by atoms with Gasteiger partial charge in [0, 0.05) is 51.5 Å². The van der Waals surface area contributed by atoms with E-state index in [2.05, 4.69) is 14.9 Å². The zero-order valence-electron chi connectivity index (χ0n) is 14.4. The molecule has 2 aliphatic rings. The first-order valence-electron chi connectivity index (χ1n) is 8.84. The highest BCUT2D eigenvalue weighted by Crippen LogP contribution is 2.50. The minimum absolute atomic E-state index is 0.155. The van der Waals surface area contributed by atoms with Crippen LogP contribution in [0.2, 0.25) is 0 Å². The maximum Gasteiger partial charge on any atom is 0.257 e. The molecule has 2 fully saturated rings. The van der Waals surface area contributed by atoms with Crippen molar-refractivity contribution in [3.05, 3.63) is 54.1 Å². The second-order valence-corrected chi connectivity index (χ2v) is 7.29. The summed E-state index contributed by atoms with van der Waals surface area (Å²) in [5.74, 6) is -2.49. The van der Waals surface area contributed by atoms with Crippen LogP contribution in [0.15, 0.2) is 42.7 Å². The molecule has 4 rings (SSSR count). The summed E-state index contributed by atoms with van der Waals surface area (Å²) in [7, 11) is 0. The molecule has 2 saturated heterocycles. The van der Waals surface area contributed by atoms with Crippen LogP contribution >= 0.6 is 0 Å². The van der Waals surface area contributed by atoms with Gasteiger partial charge in [0.15, 0.2) is 0 Å². The van der Waals surface area contributed by atoms with Crippen molar-refractivity contribution in [2.24, 2.45) is 5.41 Å². The van der Waals surface area contributed by atoms with Crippen LogP contribution < -0.4 is 4.90 Å². The van der Waals surface area contributed by atoms with Gasteiger partial charge in [-0.25, -0.2) is 23.1 Å². The second kappa shape index (κ2) is 6.54. The minimum atomic E-state index is -2.71. The van der Waals surface area contributed by atoms with E-state index in [1.165, 1.54) is 12.1 Å². The summed E-state index contributed by atoms with van der Waals surface area (Å²) >= 11 is 0. The predicted octanol–water partition coefficient (Wildman–Crippen LogP) is 3.35. The smallest absolute Gasteiger partial charge is 0.257 e. The molecular formula is C19H21F3N4. The standard InChI is InChI=1S/C19H21F3N4/c20-16-4-2-15(3-5-16)12-25-10-7-19(21,22)18(13-25)6-11-26(14-18)17-23-8-1-9-24-17/h1-5,8-9H,6-7,10-14H2. The SMILES string of the molecule is Fc1ccc(CN2CCC(F)(F)C3(CCN(c4ncccn4)C3)C2)cc1. The number of aromatic nitrogens is 2. The van der Waals surface area contributed by atoms with Gasteiger partial charge in [-0.15, -0.1) is 0 Å². The van der Waals surface area contributed by atoms with Crippen LogP contribution in [0, 0.1) is 11.2 Å². The first-order valence-corrected chi connectivity index (χ1v) is 8.84. The molecule has 0 N–H and O–H groups in total. The third kappa shape index (κ3) is 3.16. The lowest BCUT2D eigenvalue weighted by molar-refractivity contribution is -0.158. The number of piperidine rings is 1. The summed E-state index contributed by atoms with van der Waals surface area (Å²) < 4.78 is 42.8. The van der Waals surface area contributed by atoms with Gasteiger partial charge in [-0.1, -0.05) is 12.1 Å². The van der Waals surface area contributed by atoms with Crippen LogP contribution in [-0.2, 0) is 6.54 Å². The maximum atomic E-state index is 14.9. The van der Waals surface area contributed by atoms with Crippen molar-refractivity contribution >= 4 is 5.95 Å². The van der Waals surface area contributed by atoms with Crippen LogP contribution in [0.1, 0.15) is 18.4 Å². The summed E-state index contributed by atoms with van der Waals surface area (Å²) in [6.45, 7) is 2.00. The Morgan fingerprint density at radius 2 is 1.69 bits per heavy atom. The van der Waals surface area contributed by atoms with Crippen molar-refractivity contribution in [3.63, 3.8) is 0 Å². The number of nitrogens with zero attached hydrogens (tertiary/aromatic N) is 4. The van der Waals surface area contributed by atoms with Crippen molar-refractivity contribution in [3.8, 4) is 0 Å². The predicted molar refractivity (Wildman–Crippen MR) is 92.5 cm³/mol. The molecule has 2 aromatic rings. The number of benzene rings is 1. The quantitative estimate of drug-likeness (QED) is 0.838. The first kappa shape index (κ1) is 17.3. The maximum absolute atomic E-state index is 14.9. The number of hydrogen-bond donors (Lipinski definition) is 0. The van der Waals surface area contributed by atoms with Crippen molar-refractivity contribution in [2.45, 2.75) is 25.3 Å². The van der Waals surface area contributed by atoms with Crippen LogP contribution in [0.5, 0.6) is 0 Å². The molecule has 26 heavy (non-hydrogen) atoms. The minimum Gasteiger partial charge on any atom is -0.340 e. The number of rotatable bonds is 3. The Morgan fingerprint density at radius 3 is 2.42 bits per heavy atom. The van der Waals surface area contributed by atoms with Crippen LogP contribution in [0.4, 0.5) is 19.1 Å². The first-order chi connectivity index (χ1) is 12.5. The molecule has 0 radical (unpaired) electrons. The topological polar surface area (TPSA) is 32.3 Å². The van der Waals surface area contributed by atoms with Gasteiger partial charge in [0.2, 0.25) is 5.95 Å². The van der Waals surface area contributed by atoms with E-state index < -0.39 is 11.3 Å². The van der Waals surface area contributed by atoms with Gasteiger partial charge < -0.3 is 4.90 Å². The Balaban J connectivity index is 1.51. The fourth-order valence-corrected chi connectivity index (χ4v) is 4.09. The van der Waals surface area contributed by atoms with Crippen molar-refractivity contribution in [2.75, 3.05) is 31.1 Å². The zero-order chi connectivity index (χ0) is 18.2. The fraction of sp³-hybridized carbons (Fsp3) is 0.474. The van der Waals surface area contributed by atoms with Gasteiger partial charge >= 0.3 is 0 Å². The number of likely N-dealkylation sites (tertiary alicyclic amines) is 1. The highest BCUT2D eigenvalue weighted by atomic mass is 19.3. The van der Waals surface area contributed by atoms with Gasteiger partial charge in [-0.2, -0.15) is 0 Å². The molecule has 2 aliphatic heterocycles. The van der Waals surface area contributed by atoms with Gasteiger partial charge in [0.05, 0.1) is 5.41 Å². The average molecular weight is 362 g/mol. The molecule has 138 valence electrons. The molecule has 1 aromatic heterocycles. The Bertz CT molecular complexity index is 753. The summed E-state index contributed by atoms with van der Waals surface area (Å²) in [6.07, 6.45) is 3.52. The van der Waals surface area contributed by atoms with Crippen molar-refractivity contribution in [1.82, 2.24) is 14.9 Å². The van der Waals surface area contributed by atoms with E-state index in [9.17, 15) is 13.2 Å². The van der Waals surface area contributed by atoms with Crippen LogP contribution in [-0.4, -0.2) is 47.0 Å². The third-order valence-electron chi connectivity index (χ3n) is 5.55. The van der Waals surface area contributed by atoms with Gasteiger partial charge in [-0.3, -0.25) is 4.90 Å². The number of halogens is 3. The van der Waals surface area contributed by atoms with Crippen molar-refractivity contribution < 1.29 is 13.2 Å². The molecular weight excluding hydrogens is 341 g/mol. The monoisotopic (exact) mass is 362 g/mol. The summed E-state index contributed by atoms with van der Waals surface area (Å²) in [5, 5.41) is 0. The van der Waals surface area contributed by atoms with E-state index in [0.29, 0.717) is 38.5 Å². The van der Waals surface area contributed by atoms with Gasteiger partial charge in [0.25, 0.3) is 5.92 Å². The average Bonchev–Trinajstić information content (AvgIpc) is 3.07. The van der Waals surface area contributed by atoms with E-state index in [-0.39, 0.29) is 18.8 Å². The Hall–Kier alpha value is -2.15. The molecule has 1 aromatic carbocycles. The van der Waals surface area contributed by atoms with E-state index in [0.717, 1.165) is 5.56 Å². The van der Waals surface area contributed by atoms with Gasteiger partial charge in [0.1, 0.15) is 5.82 Å². The molecule has 3 heterocycles. The Morgan fingerprint density at radius 1 is 0.962 bits per heavy atom. The van der Waals surface area contributed by atoms with E-state index >= 15 is 0 Å². The number of hydrogen-bond acceptors (Lipinski definition) is 4. The Kier molecular flexibility index (Phi) is 4.34. The fourth-order valence-electron chi connectivity index (χ4n) is 4.09. The summed E-state index contributed by atoms with van der Waals surface area (Å²) in [5.41, 5.74) is -0.155. The largest absolute Gasteiger partial charge is 0.340 e. The summed E-state index contributed by atoms with van der Waals surface area (Å²) in [4.78, 5) is 12.3. The molecule has 0 bridgehead atoms. The van der Waals surface area contributed by atoms with E-state index in [1.807, 2.05) is 4.90 Å². The zero-order valence-corrected chi connectivity index (χ0v) is 14.4. The lowest BCUT2D eigenvalue weighted by Gasteiger charge is -2.46. The third-order valence-corrected chi connectivity index (χ3v) is 5.55. The van der Waals surface area contributed by atoms with Gasteiger partial charge in [-0.05, 0) is 30.2 Å². The molecule has 4 nitrogen and oxygen atoms in total. The van der Waals surface area contributed by atoms with Crippen LogP contribution in [0.25, 0.3) is 0 Å². The normalized spacial score (nSPS) is 25.7. The molecule has 1 unspecified atom stereocenters. The van der Waals surface area contributed by atoms with E-state index in [1.54, 1.807) is 30.6 Å². The lowest BCUT2D eigenvalue weighted by Crippen LogP contribution is -2.56. The molecule has 0 amide bonds. The molecule has 1 atom stereocenters. The highest BCUT2D eigenvalue weighted by molar-refractivity contribution is 5.33. The molecule has 7 heteroatoms. The van der Waals surface area contributed by atoms with Crippen LogP contribution in [0.3, 0.4) is 0 Å². The second-order valence-electron chi connectivity index (χ2n) is 7.29. The molecule has 0 aliphatic carbocycles. The highest BCUT2D eigenvalue weighted by Gasteiger charge is 2.59. The molecule has 1 spiro atoms. The lowest BCUT2D eigenvalue weighted by atomic mass is 9.75. The number of alkyl halides is 2. The van der Waals surface area contributed by atoms with E-state index in [4.69, 9.17) is 0 Å².